The summed E-state index contributed by atoms with van der Waals surface area (Å²) in [7, 11) is 0. The van der Waals surface area contributed by atoms with Gasteiger partial charge < -0.3 is 5.11 Å². The molecule has 0 saturated carbocycles. The van der Waals surface area contributed by atoms with E-state index in [1.165, 1.54) is 6.20 Å². The Kier molecular flexibility index (Phi) is 1.95. The molecule has 0 aliphatic carbocycles. The summed E-state index contributed by atoms with van der Waals surface area (Å²) in [6.07, 6.45) is 3.09. The van der Waals surface area contributed by atoms with Gasteiger partial charge >= 0.3 is 5.97 Å². The van der Waals surface area contributed by atoms with Crippen LogP contribution in [0.25, 0.3) is 5.52 Å². The van der Waals surface area contributed by atoms with Gasteiger partial charge in [0.25, 0.3) is 0 Å². The van der Waals surface area contributed by atoms with Crippen LogP contribution in [0.1, 0.15) is 10.4 Å². The minimum absolute atomic E-state index is 0.235. The van der Waals surface area contributed by atoms with Gasteiger partial charge in [-0.05, 0) is 34.7 Å². The van der Waals surface area contributed by atoms with E-state index in [0.29, 0.717) is 5.52 Å². The van der Waals surface area contributed by atoms with E-state index >= 15 is 0 Å². The van der Waals surface area contributed by atoms with E-state index in [9.17, 15) is 4.79 Å². The summed E-state index contributed by atoms with van der Waals surface area (Å²) in [5.41, 5.74) is 0.859. The predicted octanol–water partition coefficient (Wildman–Crippen LogP) is 1.64. The molecule has 0 aliphatic rings. The average molecular weight is 288 g/mol. The highest BCUT2D eigenvalue weighted by Crippen LogP contribution is 2.13. The minimum atomic E-state index is -0.947. The summed E-state index contributed by atoms with van der Waals surface area (Å²) in [4.78, 5) is 10.7. The molecular formula is C8H5IN2O2. The second-order valence-corrected chi connectivity index (χ2v) is 3.78. The lowest BCUT2D eigenvalue weighted by molar-refractivity contribution is 0.0699. The molecule has 0 unspecified atom stereocenters. The average Bonchev–Trinajstić information content (AvgIpc) is 2.46. The number of carboxylic acid groups (broad SMARTS) is 1. The summed E-state index contributed by atoms with van der Waals surface area (Å²) < 4.78 is 2.54. The summed E-state index contributed by atoms with van der Waals surface area (Å²) in [5.74, 6) is -0.947. The quantitative estimate of drug-likeness (QED) is 0.812. The molecule has 13 heavy (non-hydrogen) atoms. The molecule has 66 valence electrons. The van der Waals surface area contributed by atoms with Crippen molar-refractivity contribution in [1.82, 2.24) is 9.61 Å². The molecule has 0 aromatic carbocycles. The van der Waals surface area contributed by atoms with Gasteiger partial charge in [-0.3, -0.25) is 0 Å². The fraction of sp³-hybridized carbons (Fsp3) is 0. The number of pyridine rings is 1. The molecule has 2 rings (SSSR count). The summed E-state index contributed by atoms with van der Waals surface area (Å²) in [6, 6.07) is 3.66. The van der Waals surface area contributed by atoms with Crippen LogP contribution < -0.4 is 0 Å². The normalized spacial score (nSPS) is 10.5. The number of hydrogen-bond donors (Lipinski definition) is 1. The number of hydrogen-bond acceptors (Lipinski definition) is 2. The highest BCUT2D eigenvalue weighted by Gasteiger charge is 2.10. The Bertz CT molecular complexity index is 478. The van der Waals surface area contributed by atoms with Gasteiger partial charge in [-0.15, -0.1) is 0 Å². The van der Waals surface area contributed by atoms with Gasteiger partial charge in [0.15, 0.2) is 0 Å². The van der Waals surface area contributed by atoms with Crippen LogP contribution in [0.15, 0.2) is 24.5 Å². The molecule has 0 spiro atoms. The second kappa shape index (κ2) is 2.99. The Hall–Kier alpha value is -1.11. The summed E-state index contributed by atoms with van der Waals surface area (Å²) in [6.45, 7) is 0. The van der Waals surface area contributed by atoms with Gasteiger partial charge in [0.1, 0.15) is 5.56 Å². The van der Waals surface area contributed by atoms with Gasteiger partial charge in [0, 0.05) is 9.77 Å². The third-order valence-electron chi connectivity index (χ3n) is 1.71. The first-order chi connectivity index (χ1) is 6.18. The zero-order valence-electron chi connectivity index (χ0n) is 6.44. The topological polar surface area (TPSA) is 54.6 Å². The van der Waals surface area contributed by atoms with Gasteiger partial charge in [-0.25, -0.2) is 9.31 Å². The SMILES string of the molecule is O=C(O)c1cnn2ccc(I)cc12. The van der Waals surface area contributed by atoms with Gasteiger partial charge in [0.2, 0.25) is 0 Å². The first kappa shape index (κ1) is 8.49. The molecule has 0 atom stereocenters. The zero-order chi connectivity index (χ0) is 9.42. The Morgan fingerprint density at radius 2 is 2.38 bits per heavy atom. The van der Waals surface area contributed by atoms with Crippen molar-refractivity contribution in [1.29, 1.82) is 0 Å². The number of carbonyl (C=O) groups is 1. The van der Waals surface area contributed by atoms with Crippen LogP contribution in [0.3, 0.4) is 0 Å². The van der Waals surface area contributed by atoms with Gasteiger partial charge in [0.05, 0.1) is 11.7 Å². The lowest BCUT2D eigenvalue weighted by Crippen LogP contribution is -1.95. The van der Waals surface area contributed by atoms with Crippen molar-refractivity contribution >= 4 is 34.1 Å². The van der Waals surface area contributed by atoms with Crippen LogP contribution in [0.5, 0.6) is 0 Å². The van der Waals surface area contributed by atoms with E-state index in [1.54, 1.807) is 16.8 Å². The molecule has 5 heteroatoms. The van der Waals surface area contributed by atoms with Crippen molar-refractivity contribution in [3.8, 4) is 0 Å². The number of fused-ring (bicyclic) bond motifs is 1. The Balaban J connectivity index is 2.79. The first-order valence-corrected chi connectivity index (χ1v) is 4.62. The van der Waals surface area contributed by atoms with Crippen LogP contribution >= 0.6 is 22.6 Å². The molecule has 0 fully saturated rings. The number of rotatable bonds is 1. The van der Waals surface area contributed by atoms with E-state index in [1.807, 2.05) is 6.07 Å². The number of nitrogens with zero attached hydrogens (tertiary/aromatic N) is 2. The first-order valence-electron chi connectivity index (χ1n) is 3.54. The molecule has 1 N–H and O–H groups in total. The lowest BCUT2D eigenvalue weighted by atomic mass is 10.3. The van der Waals surface area contributed by atoms with Gasteiger partial charge in [-0.1, -0.05) is 0 Å². The fourth-order valence-corrected chi connectivity index (χ4v) is 1.58. The van der Waals surface area contributed by atoms with E-state index < -0.39 is 5.97 Å². The lowest BCUT2D eigenvalue weighted by Gasteiger charge is -1.94. The molecule has 2 heterocycles. The number of aromatic carboxylic acids is 1. The monoisotopic (exact) mass is 288 g/mol. The number of aromatic nitrogens is 2. The van der Waals surface area contributed by atoms with Crippen molar-refractivity contribution in [2.45, 2.75) is 0 Å². The highest BCUT2D eigenvalue weighted by atomic mass is 127. The van der Waals surface area contributed by atoms with Crippen LogP contribution in [-0.4, -0.2) is 20.7 Å². The maximum atomic E-state index is 10.7. The Morgan fingerprint density at radius 1 is 1.62 bits per heavy atom. The molecule has 4 nitrogen and oxygen atoms in total. The minimum Gasteiger partial charge on any atom is -0.478 e. The maximum Gasteiger partial charge on any atom is 0.339 e. The molecule has 2 aromatic rings. The zero-order valence-corrected chi connectivity index (χ0v) is 8.59. The van der Waals surface area contributed by atoms with Gasteiger partial charge in [-0.2, -0.15) is 5.10 Å². The third kappa shape index (κ3) is 1.39. The summed E-state index contributed by atoms with van der Waals surface area (Å²) >= 11 is 2.13. The van der Waals surface area contributed by atoms with E-state index in [4.69, 9.17) is 5.11 Å². The second-order valence-electron chi connectivity index (χ2n) is 2.54. The standard InChI is InChI=1S/C8H5IN2O2/c9-5-1-2-11-7(3-5)6(4-10-11)8(12)13/h1-4H,(H,12,13). The summed E-state index contributed by atoms with van der Waals surface area (Å²) in [5, 5.41) is 12.7. The van der Waals surface area contributed by atoms with E-state index in [2.05, 4.69) is 27.7 Å². The van der Waals surface area contributed by atoms with Crippen molar-refractivity contribution < 1.29 is 9.90 Å². The molecule has 0 amide bonds. The Morgan fingerprint density at radius 3 is 3.08 bits per heavy atom. The van der Waals surface area contributed by atoms with E-state index in [-0.39, 0.29) is 5.56 Å². The number of halogens is 1. The Labute approximate surface area is 87.3 Å². The molecule has 0 saturated heterocycles. The van der Waals surface area contributed by atoms with E-state index in [0.717, 1.165) is 3.57 Å². The van der Waals surface area contributed by atoms with Crippen molar-refractivity contribution in [3.05, 3.63) is 33.7 Å². The largest absolute Gasteiger partial charge is 0.478 e. The maximum absolute atomic E-state index is 10.7. The number of carboxylic acids is 1. The highest BCUT2D eigenvalue weighted by molar-refractivity contribution is 14.1. The van der Waals surface area contributed by atoms with Crippen molar-refractivity contribution in [2.75, 3.05) is 0 Å². The van der Waals surface area contributed by atoms with Crippen LogP contribution in [0, 0.1) is 3.57 Å². The smallest absolute Gasteiger partial charge is 0.339 e. The molecule has 0 radical (unpaired) electrons. The van der Waals surface area contributed by atoms with Crippen LogP contribution in [0.2, 0.25) is 0 Å². The van der Waals surface area contributed by atoms with Crippen molar-refractivity contribution in [3.63, 3.8) is 0 Å². The third-order valence-corrected chi connectivity index (χ3v) is 2.38. The molecule has 2 aromatic heterocycles. The molecule has 0 aliphatic heterocycles. The predicted molar refractivity (Wildman–Crippen MR) is 54.9 cm³/mol. The van der Waals surface area contributed by atoms with Crippen molar-refractivity contribution in [2.24, 2.45) is 0 Å². The fourth-order valence-electron chi connectivity index (χ4n) is 1.12. The molecule has 0 bridgehead atoms. The van der Waals surface area contributed by atoms with Crippen LogP contribution in [-0.2, 0) is 0 Å². The molecular weight excluding hydrogens is 283 g/mol. The van der Waals surface area contributed by atoms with Crippen LogP contribution in [0.4, 0.5) is 0 Å².